The summed E-state index contributed by atoms with van der Waals surface area (Å²) in [5.74, 6) is -2.98. The largest absolute Gasteiger partial charge is 0.308 e. The van der Waals surface area contributed by atoms with Crippen molar-refractivity contribution in [3.63, 3.8) is 0 Å². The monoisotopic (exact) mass is 298 g/mol. The van der Waals surface area contributed by atoms with Gasteiger partial charge in [-0.2, -0.15) is 0 Å². The number of hydrogen-bond donors (Lipinski definition) is 0. The zero-order valence-electron chi connectivity index (χ0n) is 12.0. The summed E-state index contributed by atoms with van der Waals surface area (Å²) in [6, 6.07) is 6.90. The number of nitrogens with zero attached hydrogens (tertiary/aromatic N) is 2. The lowest BCUT2D eigenvalue weighted by molar-refractivity contribution is -0.133. The number of rotatable bonds is 2. The summed E-state index contributed by atoms with van der Waals surface area (Å²) in [7, 11) is 1.54. The summed E-state index contributed by atoms with van der Waals surface area (Å²) in [6.45, 7) is 0. The first-order valence-corrected chi connectivity index (χ1v) is 7.06. The van der Waals surface area contributed by atoms with E-state index in [0.29, 0.717) is 17.5 Å². The predicted molar refractivity (Wildman–Crippen MR) is 78.7 cm³/mol. The fourth-order valence-corrected chi connectivity index (χ4v) is 2.77. The zero-order valence-corrected chi connectivity index (χ0v) is 12.0. The van der Waals surface area contributed by atoms with E-state index < -0.39 is 28.8 Å². The molecule has 0 unspecified atom stereocenters. The highest BCUT2D eigenvalue weighted by Gasteiger charge is 2.38. The van der Waals surface area contributed by atoms with Crippen molar-refractivity contribution < 1.29 is 14.4 Å². The number of para-hydroxylation sites is 2. The van der Waals surface area contributed by atoms with Crippen LogP contribution in [0.5, 0.6) is 0 Å². The molecule has 0 saturated heterocycles. The maximum Gasteiger partial charge on any atom is 0.280 e. The van der Waals surface area contributed by atoms with Gasteiger partial charge in [-0.05, 0) is 18.6 Å². The van der Waals surface area contributed by atoms with Crippen LogP contribution < -0.4 is 5.56 Å². The molecule has 1 heterocycles. The van der Waals surface area contributed by atoms with E-state index in [1.54, 1.807) is 24.3 Å². The molecule has 6 heteroatoms. The molecule has 1 aliphatic rings. The van der Waals surface area contributed by atoms with Gasteiger partial charge in [-0.15, -0.1) is 0 Å². The normalized spacial score (nSPS) is 16.2. The summed E-state index contributed by atoms with van der Waals surface area (Å²) in [5.41, 5.74) is 0.138. The molecule has 2 aromatic rings. The van der Waals surface area contributed by atoms with Crippen LogP contribution in [0.3, 0.4) is 0 Å². The van der Waals surface area contributed by atoms with Gasteiger partial charge in [-0.3, -0.25) is 19.2 Å². The summed E-state index contributed by atoms with van der Waals surface area (Å²) in [4.78, 5) is 52.8. The van der Waals surface area contributed by atoms with Crippen LogP contribution in [0.15, 0.2) is 29.1 Å². The van der Waals surface area contributed by atoms with E-state index in [4.69, 9.17) is 0 Å². The van der Waals surface area contributed by atoms with E-state index >= 15 is 0 Å². The van der Waals surface area contributed by atoms with Crippen LogP contribution in [-0.2, 0) is 16.6 Å². The molecular weight excluding hydrogens is 284 g/mol. The molecule has 0 atom stereocenters. The van der Waals surface area contributed by atoms with E-state index in [2.05, 4.69) is 4.98 Å². The number of hydrogen-bond acceptors (Lipinski definition) is 5. The Labute approximate surface area is 125 Å². The van der Waals surface area contributed by atoms with Crippen LogP contribution in [0.4, 0.5) is 0 Å². The molecule has 1 aliphatic carbocycles. The van der Waals surface area contributed by atoms with Crippen LogP contribution in [0, 0.1) is 5.92 Å². The number of carbonyl (C=O) groups excluding carboxylic acids is 3. The Morgan fingerprint density at radius 2 is 1.77 bits per heavy atom. The molecule has 0 bridgehead atoms. The Balaban J connectivity index is 2.15. The van der Waals surface area contributed by atoms with E-state index in [0.717, 1.165) is 0 Å². The Hall–Kier alpha value is -2.63. The van der Waals surface area contributed by atoms with Gasteiger partial charge in [0.25, 0.3) is 5.56 Å². The second-order valence-corrected chi connectivity index (χ2v) is 5.40. The number of Topliss-reactive ketones (excluding diaryl/α,β-unsaturated/α-hetero) is 3. The third kappa shape index (κ3) is 2.16. The third-order valence-electron chi connectivity index (χ3n) is 3.97. The van der Waals surface area contributed by atoms with Crippen molar-refractivity contribution in [1.29, 1.82) is 0 Å². The minimum atomic E-state index is -1.37. The molecule has 0 radical (unpaired) electrons. The van der Waals surface area contributed by atoms with Crippen LogP contribution in [0.2, 0.25) is 0 Å². The molecule has 1 aromatic carbocycles. The second-order valence-electron chi connectivity index (χ2n) is 5.40. The van der Waals surface area contributed by atoms with Crippen molar-refractivity contribution in [1.82, 2.24) is 9.55 Å². The molecule has 0 aliphatic heterocycles. The Morgan fingerprint density at radius 1 is 1.14 bits per heavy atom. The van der Waals surface area contributed by atoms with Crippen molar-refractivity contribution in [2.75, 3.05) is 0 Å². The average Bonchev–Trinajstić information content (AvgIpc) is 2.50. The minimum absolute atomic E-state index is 0.191. The average molecular weight is 298 g/mol. The summed E-state index contributed by atoms with van der Waals surface area (Å²) >= 11 is 0. The highest BCUT2D eigenvalue weighted by Crippen LogP contribution is 2.20. The minimum Gasteiger partial charge on any atom is -0.308 e. The zero-order chi connectivity index (χ0) is 15.9. The smallest absolute Gasteiger partial charge is 0.280 e. The van der Waals surface area contributed by atoms with Crippen LogP contribution in [0.1, 0.15) is 29.8 Å². The van der Waals surface area contributed by atoms with Gasteiger partial charge in [0.05, 0.1) is 11.0 Å². The molecule has 6 nitrogen and oxygen atoms in total. The predicted octanol–water partition coefficient (Wildman–Crippen LogP) is 1.05. The molecule has 112 valence electrons. The van der Waals surface area contributed by atoms with E-state index in [-0.39, 0.29) is 18.5 Å². The van der Waals surface area contributed by atoms with Gasteiger partial charge in [0.2, 0.25) is 5.78 Å². The number of carbonyl (C=O) groups is 3. The lowest BCUT2D eigenvalue weighted by Gasteiger charge is -2.18. The summed E-state index contributed by atoms with van der Waals surface area (Å²) < 4.78 is 1.31. The second kappa shape index (κ2) is 5.29. The fraction of sp³-hybridized carbons (Fsp3) is 0.312. The van der Waals surface area contributed by atoms with Gasteiger partial charge in [-0.1, -0.05) is 12.1 Å². The molecule has 1 saturated carbocycles. The lowest BCUT2D eigenvalue weighted by Crippen LogP contribution is -2.39. The maximum atomic E-state index is 12.5. The number of fused-ring (bicyclic) bond motifs is 1. The SMILES string of the molecule is Cn1c(=O)c(C(=O)C2C(=O)CCCC2=O)nc2ccccc21. The summed E-state index contributed by atoms with van der Waals surface area (Å²) in [6.07, 6.45) is 0.844. The molecule has 22 heavy (non-hydrogen) atoms. The van der Waals surface area contributed by atoms with E-state index in [1.165, 1.54) is 11.6 Å². The highest BCUT2D eigenvalue weighted by molar-refractivity contribution is 6.24. The topological polar surface area (TPSA) is 86.1 Å². The van der Waals surface area contributed by atoms with Crippen molar-refractivity contribution >= 4 is 28.4 Å². The van der Waals surface area contributed by atoms with Gasteiger partial charge in [-0.25, -0.2) is 4.98 Å². The number of ketones is 3. The van der Waals surface area contributed by atoms with Gasteiger partial charge in [0.1, 0.15) is 5.92 Å². The molecule has 0 N–H and O–H groups in total. The van der Waals surface area contributed by atoms with Crippen molar-refractivity contribution in [3.05, 3.63) is 40.3 Å². The Kier molecular flexibility index (Phi) is 3.44. The standard InChI is InChI=1S/C16H14N2O4/c1-18-10-6-3-2-5-9(10)17-14(16(18)22)15(21)13-11(19)7-4-8-12(13)20/h2-3,5-6,13H,4,7-8H2,1H3. The van der Waals surface area contributed by atoms with E-state index in [1.807, 2.05) is 0 Å². The third-order valence-corrected chi connectivity index (χ3v) is 3.97. The highest BCUT2D eigenvalue weighted by atomic mass is 16.2. The van der Waals surface area contributed by atoms with Crippen molar-refractivity contribution in [3.8, 4) is 0 Å². The van der Waals surface area contributed by atoms with Crippen molar-refractivity contribution in [2.24, 2.45) is 13.0 Å². The quantitative estimate of drug-likeness (QED) is 0.611. The molecule has 3 rings (SSSR count). The van der Waals surface area contributed by atoms with Crippen LogP contribution in [-0.4, -0.2) is 26.9 Å². The lowest BCUT2D eigenvalue weighted by atomic mass is 9.83. The van der Waals surface area contributed by atoms with Gasteiger partial charge >= 0.3 is 0 Å². The molecule has 1 fully saturated rings. The first-order valence-electron chi connectivity index (χ1n) is 7.06. The molecular formula is C16H14N2O4. The number of aryl methyl sites for hydroxylation is 1. The van der Waals surface area contributed by atoms with Crippen molar-refractivity contribution in [2.45, 2.75) is 19.3 Å². The summed E-state index contributed by atoms with van der Waals surface area (Å²) in [5, 5.41) is 0. The van der Waals surface area contributed by atoms with Gasteiger partial charge in [0.15, 0.2) is 17.3 Å². The first-order chi connectivity index (χ1) is 10.5. The fourth-order valence-electron chi connectivity index (χ4n) is 2.77. The first kappa shape index (κ1) is 14.3. The van der Waals surface area contributed by atoms with Crippen LogP contribution in [0.25, 0.3) is 11.0 Å². The molecule has 0 spiro atoms. The van der Waals surface area contributed by atoms with Gasteiger partial charge < -0.3 is 4.57 Å². The maximum absolute atomic E-state index is 12.5. The number of aromatic nitrogens is 2. The van der Waals surface area contributed by atoms with E-state index in [9.17, 15) is 19.2 Å². The van der Waals surface area contributed by atoms with Crippen LogP contribution >= 0.6 is 0 Å². The molecule has 1 aromatic heterocycles. The Bertz CT molecular complexity index is 850. The van der Waals surface area contributed by atoms with Gasteiger partial charge in [0, 0.05) is 19.9 Å². The molecule has 0 amide bonds. The Morgan fingerprint density at radius 3 is 2.45 bits per heavy atom. The number of benzene rings is 1.